The van der Waals surface area contributed by atoms with Crippen LogP contribution in [0.25, 0.3) is 11.1 Å². The van der Waals surface area contributed by atoms with Gasteiger partial charge < -0.3 is 9.15 Å². The molecule has 3 rings (SSSR count). The molecular weight excluding hydrogens is 341 g/mol. The van der Waals surface area contributed by atoms with Crippen LogP contribution in [0.15, 0.2) is 45.6 Å². The van der Waals surface area contributed by atoms with Crippen molar-refractivity contribution in [1.82, 2.24) is 4.98 Å². The first-order valence-electron chi connectivity index (χ1n) is 6.19. The largest absolute Gasteiger partial charge is 0.494 e. The molecule has 3 aromatic rings. The van der Waals surface area contributed by atoms with E-state index in [1.54, 1.807) is 24.3 Å². The summed E-state index contributed by atoms with van der Waals surface area (Å²) in [5.41, 5.74) is 2.70. The number of ether oxygens (including phenoxy) is 1. The molecular formula is C15H11BrFNO3. The number of nitrogens with one attached hydrogen (secondary N) is 1. The zero-order valence-corrected chi connectivity index (χ0v) is 12.6. The molecule has 0 saturated carbocycles. The van der Waals surface area contributed by atoms with Crippen molar-refractivity contribution < 1.29 is 13.5 Å². The van der Waals surface area contributed by atoms with E-state index in [4.69, 9.17) is 9.15 Å². The van der Waals surface area contributed by atoms with Crippen molar-refractivity contribution in [2.75, 3.05) is 7.11 Å². The molecule has 6 heteroatoms. The van der Waals surface area contributed by atoms with Crippen molar-refractivity contribution in [3.63, 3.8) is 0 Å². The number of oxazole rings is 1. The molecule has 0 spiro atoms. The van der Waals surface area contributed by atoms with Gasteiger partial charge in [-0.1, -0.05) is 28.1 Å². The number of hydrogen-bond donors (Lipinski definition) is 1. The summed E-state index contributed by atoms with van der Waals surface area (Å²) in [7, 11) is 1.42. The maximum absolute atomic E-state index is 13.8. The molecule has 1 unspecified atom stereocenters. The summed E-state index contributed by atoms with van der Waals surface area (Å²) in [6.45, 7) is 0. The molecule has 0 amide bonds. The summed E-state index contributed by atoms with van der Waals surface area (Å²) in [5.74, 6) is -0.719. The molecule has 0 fully saturated rings. The molecule has 108 valence electrons. The van der Waals surface area contributed by atoms with Crippen LogP contribution in [0.2, 0.25) is 0 Å². The smallest absolute Gasteiger partial charge is 0.417 e. The van der Waals surface area contributed by atoms with E-state index in [0.717, 1.165) is 11.1 Å². The van der Waals surface area contributed by atoms with Gasteiger partial charge in [-0.05, 0) is 35.4 Å². The molecule has 4 nitrogen and oxygen atoms in total. The van der Waals surface area contributed by atoms with Gasteiger partial charge in [0.15, 0.2) is 17.1 Å². The van der Waals surface area contributed by atoms with Crippen LogP contribution in [-0.2, 0) is 0 Å². The maximum atomic E-state index is 13.8. The van der Waals surface area contributed by atoms with Gasteiger partial charge in [-0.3, -0.25) is 4.98 Å². The normalized spacial score (nSPS) is 12.5. The summed E-state index contributed by atoms with van der Waals surface area (Å²) < 4.78 is 23.7. The zero-order valence-electron chi connectivity index (χ0n) is 11.0. The Bertz CT molecular complexity index is 855. The van der Waals surface area contributed by atoms with Gasteiger partial charge >= 0.3 is 5.76 Å². The molecule has 1 aromatic heterocycles. The van der Waals surface area contributed by atoms with Crippen LogP contribution in [0.5, 0.6) is 5.75 Å². The lowest BCUT2D eigenvalue weighted by Gasteiger charge is -2.12. The van der Waals surface area contributed by atoms with Crippen LogP contribution in [-0.4, -0.2) is 12.1 Å². The molecule has 0 bridgehead atoms. The number of methoxy groups -OCH3 is 1. The number of aromatic nitrogens is 1. The standard InChI is InChI=1S/C15H11BrFNO3/c1-20-12-5-3-8(6-10(12)17)14(16)9-2-4-11-13(7-9)21-15(19)18-11/h2-7,14H,1H3,(H,18,19). The summed E-state index contributed by atoms with van der Waals surface area (Å²) in [6.07, 6.45) is 0. The molecule has 0 aliphatic carbocycles. The fourth-order valence-electron chi connectivity index (χ4n) is 2.15. The average molecular weight is 352 g/mol. The minimum absolute atomic E-state index is 0.200. The third-order valence-corrected chi connectivity index (χ3v) is 4.26. The first-order chi connectivity index (χ1) is 10.1. The summed E-state index contributed by atoms with van der Waals surface area (Å²) >= 11 is 3.53. The van der Waals surface area contributed by atoms with Crippen molar-refractivity contribution in [2.45, 2.75) is 4.83 Å². The van der Waals surface area contributed by atoms with E-state index in [-0.39, 0.29) is 10.6 Å². The van der Waals surface area contributed by atoms with Gasteiger partial charge in [-0.15, -0.1) is 0 Å². The first kappa shape index (κ1) is 13.9. The van der Waals surface area contributed by atoms with E-state index >= 15 is 0 Å². The van der Waals surface area contributed by atoms with Gasteiger partial charge in [0.1, 0.15) is 0 Å². The number of benzene rings is 2. The number of alkyl halides is 1. The highest BCUT2D eigenvalue weighted by Crippen LogP contribution is 2.33. The highest BCUT2D eigenvalue weighted by molar-refractivity contribution is 9.09. The van der Waals surface area contributed by atoms with E-state index in [9.17, 15) is 9.18 Å². The Morgan fingerprint density at radius 1 is 1.24 bits per heavy atom. The van der Waals surface area contributed by atoms with Crippen LogP contribution in [0.4, 0.5) is 4.39 Å². The molecule has 0 saturated heterocycles. The van der Waals surface area contributed by atoms with E-state index in [0.29, 0.717) is 11.1 Å². The Hall–Kier alpha value is -2.08. The van der Waals surface area contributed by atoms with Crippen LogP contribution in [0.1, 0.15) is 16.0 Å². The molecule has 2 aromatic carbocycles. The second kappa shape index (κ2) is 5.37. The average Bonchev–Trinajstić information content (AvgIpc) is 2.85. The Kier molecular flexibility index (Phi) is 3.55. The van der Waals surface area contributed by atoms with Crippen molar-refractivity contribution in [2.24, 2.45) is 0 Å². The fourth-order valence-corrected chi connectivity index (χ4v) is 2.72. The van der Waals surface area contributed by atoms with E-state index in [2.05, 4.69) is 20.9 Å². The quantitative estimate of drug-likeness (QED) is 0.731. The Labute approximate surface area is 127 Å². The predicted octanol–water partition coefficient (Wildman–Crippen LogP) is 3.75. The molecule has 1 N–H and O–H groups in total. The number of halogens is 2. The lowest BCUT2D eigenvalue weighted by Crippen LogP contribution is -1.95. The summed E-state index contributed by atoms with van der Waals surface area (Å²) in [4.78, 5) is 13.5. The topological polar surface area (TPSA) is 55.2 Å². The summed E-state index contributed by atoms with van der Waals surface area (Å²) in [6, 6.07) is 10.1. The predicted molar refractivity (Wildman–Crippen MR) is 80.6 cm³/mol. The lowest BCUT2D eigenvalue weighted by atomic mass is 10.0. The minimum Gasteiger partial charge on any atom is -0.494 e. The number of rotatable bonds is 3. The van der Waals surface area contributed by atoms with E-state index < -0.39 is 11.6 Å². The third-order valence-electron chi connectivity index (χ3n) is 3.21. The molecule has 0 aliphatic heterocycles. The number of fused-ring (bicyclic) bond motifs is 1. The van der Waals surface area contributed by atoms with Crippen LogP contribution in [0, 0.1) is 5.82 Å². The second-order valence-corrected chi connectivity index (χ2v) is 5.44. The van der Waals surface area contributed by atoms with Crippen molar-refractivity contribution in [3.05, 3.63) is 63.9 Å². The van der Waals surface area contributed by atoms with Gasteiger partial charge in [0.25, 0.3) is 0 Å². The van der Waals surface area contributed by atoms with Crippen LogP contribution < -0.4 is 10.5 Å². The molecule has 1 atom stereocenters. The van der Waals surface area contributed by atoms with Gasteiger partial charge in [-0.25, -0.2) is 9.18 Å². The fraction of sp³-hybridized carbons (Fsp3) is 0.133. The van der Waals surface area contributed by atoms with Crippen molar-refractivity contribution in [3.8, 4) is 5.75 Å². The zero-order chi connectivity index (χ0) is 15.0. The SMILES string of the molecule is COc1ccc(C(Br)c2ccc3[nH]c(=O)oc3c2)cc1F. The van der Waals surface area contributed by atoms with Gasteiger partial charge in [0.05, 0.1) is 17.5 Å². The Morgan fingerprint density at radius 3 is 2.67 bits per heavy atom. The van der Waals surface area contributed by atoms with Crippen molar-refractivity contribution in [1.29, 1.82) is 0 Å². The monoisotopic (exact) mass is 351 g/mol. The van der Waals surface area contributed by atoms with Gasteiger partial charge in [0, 0.05) is 0 Å². The van der Waals surface area contributed by atoms with Crippen molar-refractivity contribution >= 4 is 27.0 Å². The van der Waals surface area contributed by atoms with E-state index in [1.165, 1.54) is 13.2 Å². The van der Waals surface area contributed by atoms with Gasteiger partial charge in [-0.2, -0.15) is 0 Å². The van der Waals surface area contributed by atoms with Crippen LogP contribution >= 0.6 is 15.9 Å². The second-order valence-electron chi connectivity index (χ2n) is 4.53. The minimum atomic E-state index is -0.497. The van der Waals surface area contributed by atoms with Gasteiger partial charge in [0.2, 0.25) is 0 Å². The molecule has 21 heavy (non-hydrogen) atoms. The van der Waals surface area contributed by atoms with E-state index in [1.807, 2.05) is 6.07 Å². The third kappa shape index (κ3) is 2.58. The number of hydrogen-bond acceptors (Lipinski definition) is 3. The highest BCUT2D eigenvalue weighted by Gasteiger charge is 2.14. The molecule has 0 aliphatic rings. The Balaban J connectivity index is 2.00. The van der Waals surface area contributed by atoms with Crippen LogP contribution in [0.3, 0.4) is 0 Å². The number of H-pyrrole nitrogens is 1. The summed E-state index contributed by atoms with van der Waals surface area (Å²) in [5, 5.41) is 0. The number of aromatic amines is 1. The lowest BCUT2D eigenvalue weighted by molar-refractivity contribution is 0.386. The highest BCUT2D eigenvalue weighted by atomic mass is 79.9. The molecule has 0 radical (unpaired) electrons. The maximum Gasteiger partial charge on any atom is 0.417 e. The Morgan fingerprint density at radius 2 is 1.95 bits per heavy atom. The first-order valence-corrected chi connectivity index (χ1v) is 7.10. The molecule has 1 heterocycles.